The number of anilines is 1. The van der Waals surface area contributed by atoms with Crippen LogP contribution in [0.15, 0.2) is 42.5 Å². The first-order chi connectivity index (χ1) is 11.8. The Bertz CT molecular complexity index is 863. The normalized spacial score (nSPS) is 11.2. The summed E-state index contributed by atoms with van der Waals surface area (Å²) < 4.78 is 4.70. The summed E-state index contributed by atoms with van der Waals surface area (Å²) in [6.07, 6.45) is 1.39. The number of hydrogen-bond acceptors (Lipinski definition) is 3. The van der Waals surface area contributed by atoms with Crippen molar-refractivity contribution in [3.05, 3.63) is 68.7 Å². The number of esters is 1. The number of allylic oxidation sites excluding steroid dienone is 1. The molecule has 1 amide bonds. The van der Waals surface area contributed by atoms with Crippen LogP contribution in [0.2, 0.25) is 15.1 Å². The van der Waals surface area contributed by atoms with Crippen molar-refractivity contribution in [3.8, 4) is 0 Å². The maximum absolute atomic E-state index is 12.3. The lowest BCUT2D eigenvalue weighted by Gasteiger charge is -2.09. The van der Waals surface area contributed by atoms with Gasteiger partial charge in [0.15, 0.2) is 0 Å². The molecule has 0 bridgehead atoms. The molecule has 4 nitrogen and oxygen atoms in total. The zero-order chi connectivity index (χ0) is 18.6. The van der Waals surface area contributed by atoms with E-state index in [1.807, 2.05) is 0 Å². The molecule has 1 N–H and O–H groups in total. The van der Waals surface area contributed by atoms with Gasteiger partial charge < -0.3 is 10.1 Å². The Morgan fingerprint density at radius 1 is 1.04 bits per heavy atom. The molecule has 2 aromatic carbocycles. The summed E-state index contributed by atoms with van der Waals surface area (Å²) in [4.78, 5) is 24.1. The molecule has 0 saturated carbocycles. The second kappa shape index (κ2) is 8.39. The molecule has 25 heavy (non-hydrogen) atoms. The van der Waals surface area contributed by atoms with Gasteiger partial charge in [0.25, 0.3) is 0 Å². The van der Waals surface area contributed by atoms with E-state index in [1.54, 1.807) is 31.2 Å². The van der Waals surface area contributed by atoms with E-state index in [0.717, 1.165) is 5.56 Å². The van der Waals surface area contributed by atoms with Crippen molar-refractivity contribution in [2.24, 2.45) is 0 Å². The number of methoxy groups -OCH3 is 1. The van der Waals surface area contributed by atoms with Crippen LogP contribution in [0, 0.1) is 0 Å². The number of rotatable bonds is 4. The first-order valence-electron chi connectivity index (χ1n) is 7.14. The molecular weight excluding hydrogens is 385 g/mol. The summed E-state index contributed by atoms with van der Waals surface area (Å²) in [6.45, 7) is 1.76. The topological polar surface area (TPSA) is 55.4 Å². The number of benzene rings is 2. The second-order valence-electron chi connectivity index (χ2n) is 5.13. The van der Waals surface area contributed by atoms with Crippen LogP contribution in [0.25, 0.3) is 5.57 Å². The fourth-order valence-electron chi connectivity index (χ4n) is 2.10. The van der Waals surface area contributed by atoms with Crippen molar-refractivity contribution >= 4 is 57.9 Å². The Kier molecular flexibility index (Phi) is 6.48. The van der Waals surface area contributed by atoms with Crippen LogP contribution < -0.4 is 5.32 Å². The lowest BCUT2D eigenvalue weighted by molar-refractivity contribution is -0.111. The average Bonchev–Trinajstić information content (AvgIpc) is 2.56. The van der Waals surface area contributed by atoms with Crippen LogP contribution in [0.5, 0.6) is 0 Å². The number of carbonyl (C=O) groups is 2. The number of hydrogen-bond donors (Lipinski definition) is 1. The van der Waals surface area contributed by atoms with E-state index in [-0.39, 0.29) is 11.3 Å². The SMILES string of the molecule is COC(=O)c1ccc(Cl)cc1NC(=O)/C=C(/C)c1ccc(Cl)c(Cl)c1. The first kappa shape index (κ1) is 19.3. The summed E-state index contributed by atoms with van der Waals surface area (Å²) in [6, 6.07) is 9.59. The van der Waals surface area contributed by atoms with E-state index >= 15 is 0 Å². The maximum atomic E-state index is 12.3. The first-order valence-corrected chi connectivity index (χ1v) is 8.27. The second-order valence-corrected chi connectivity index (χ2v) is 6.38. The highest BCUT2D eigenvalue weighted by atomic mass is 35.5. The summed E-state index contributed by atoms with van der Waals surface area (Å²) in [5.41, 5.74) is 1.91. The molecule has 2 rings (SSSR count). The van der Waals surface area contributed by atoms with Gasteiger partial charge in [-0.1, -0.05) is 40.9 Å². The molecule has 0 saturated heterocycles. The Morgan fingerprint density at radius 3 is 2.40 bits per heavy atom. The number of halogens is 3. The van der Waals surface area contributed by atoms with Gasteiger partial charge in [-0.3, -0.25) is 4.79 Å². The fourth-order valence-corrected chi connectivity index (χ4v) is 2.57. The van der Waals surface area contributed by atoms with Gasteiger partial charge in [0, 0.05) is 11.1 Å². The van der Waals surface area contributed by atoms with Crippen LogP contribution in [0.3, 0.4) is 0 Å². The summed E-state index contributed by atoms with van der Waals surface area (Å²) in [5, 5.41) is 3.85. The lowest BCUT2D eigenvalue weighted by Crippen LogP contribution is -2.13. The summed E-state index contributed by atoms with van der Waals surface area (Å²) in [7, 11) is 1.26. The zero-order valence-electron chi connectivity index (χ0n) is 13.4. The predicted octanol–water partition coefficient (Wildman–Crippen LogP) is 5.48. The van der Waals surface area contributed by atoms with Crippen molar-refractivity contribution < 1.29 is 14.3 Å². The van der Waals surface area contributed by atoms with E-state index in [1.165, 1.54) is 25.3 Å². The largest absolute Gasteiger partial charge is 0.465 e. The molecule has 0 radical (unpaired) electrons. The number of carbonyl (C=O) groups excluding carboxylic acids is 2. The highest BCUT2D eigenvalue weighted by molar-refractivity contribution is 6.42. The highest BCUT2D eigenvalue weighted by Crippen LogP contribution is 2.26. The Morgan fingerprint density at radius 2 is 1.76 bits per heavy atom. The van der Waals surface area contributed by atoms with Gasteiger partial charge in [-0.05, 0) is 48.4 Å². The molecule has 0 aromatic heterocycles. The van der Waals surface area contributed by atoms with Crippen LogP contribution >= 0.6 is 34.8 Å². The third-order valence-corrected chi connectivity index (χ3v) is 4.34. The Labute approximate surface area is 160 Å². The molecule has 130 valence electrons. The van der Waals surface area contributed by atoms with E-state index in [4.69, 9.17) is 39.5 Å². The smallest absolute Gasteiger partial charge is 0.339 e. The minimum Gasteiger partial charge on any atom is -0.465 e. The van der Waals surface area contributed by atoms with Crippen LogP contribution in [-0.2, 0) is 9.53 Å². The molecular formula is C18H14Cl3NO3. The van der Waals surface area contributed by atoms with Crippen molar-refractivity contribution in [1.82, 2.24) is 0 Å². The van der Waals surface area contributed by atoms with Crippen LogP contribution in [0.4, 0.5) is 5.69 Å². The summed E-state index contributed by atoms with van der Waals surface area (Å²) >= 11 is 17.8. The van der Waals surface area contributed by atoms with Gasteiger partial charge in [-0.2, -0.15) is 0 Å². The molecule has 0 fully saturated rings. The van der Waals surface area contributed by atoms with Gasteiger partial charge in [0.05, 0.1) is 28.4 Å². The van der Waals surface area contributed by atoms with Crippen LogP contribution in [-0.4, -0.2) is 19.0 Å². The van der Waals surface area contributed by atoms with Crippen molar-refractivity contribution in [1.29, 1.82) is 0 Å². The van der Waals surface area contributed by atoms with E-state index in [0.29, 0.717) is 20.6 Å². The fraction of sp³-hybridized carbons (Fsp3) is 0.111. The monoisotopic (exact) mass is 397 g/mol. The van der Waals surface area contributed by atoms with Gasteiger partial charge in [-0.15, -0.1) is 0 Å². The molecule has 0 unspecified atom stereocenters. The number of amides is 1. The van der Waals surface area contributed by atoms with Crippen LogP contribution in [0.1, 0.15) is 22.8 Å². The van der Waals surface area contributed by atoms with E-state index < -0.39 is 11.9 Å². The molecule has 7 heteroatoms. The van der Waals surface area contributed by atoms with Gasteiger partial charge >= 0.3 is 5.97 Å². The Balaban J connectivity index is 2.26. The standard InChI is InChI=1S/C18H14Cl3NO3/c1-10(11-3-6-14(20)15(21)8-11)7-17(23)22-16-9-12(19)4-5-13(16)18(24)25-2/h3-9H,1-2H3,(H,22,23)/b10-7-. The minimum absolute atomic E-state index is 0.209. The molecule has 0 spiro atoms. The minimum atomic E-state index is -0.572. The van der Waals surface area contributed by atoms with Gasteiger partial charge in [-0.25, -0.2) is 4.79 Å². The van der Waals surface area contributed by atoms with E-state index in [2.05, 4.69) is 5.32 Å². The van der Waals surface area contributed by atoms with E-state index in [9.17, 15) is 9.59 Å². The van der Waals surface area contributed by atoms with Crippen molar-refractivity contribution in [2.75, 3.05) is 12.4 Å². The van der Waals surface area contributed by atoms with Crippen molar-refractivity contribution in [3.63, 3.8) is 0 Å². The lowest BCUT2D eigenvalue weighted by atomic mass is 10.1. The molecule has 0 aliphatic heterocycles. The molecule has 0 aliphatic carbocycles. The highest BCUT2D eigenvalue weighted by Gasteiger charge is 2.14. The third kappa shape index (κ3) is 4.98. The quantitative estimate of drug-likeness (QED) is 0.548. The summed E-state index contributed by atoms with van der Waals surface area (Å²) in [5.74, 6) is -0.992. The third-order valence-electron chi connectivity index (χ3n) is 3.37. The number of nitrogens with one attached hydrogen (secondary N) is 1. The molecule has 0 atom stereocenters. The van der Waals surface area contributed by atoms with Crippen molar-refractivity contribution in [2.45, 2.75) is 6.92 Å². The van der Waals surface area contributed by atoms with Gasteiger partial charge in [0.1, 0.15) is 0 Å². The average molecular weight is 399 g/mol. The molecule has 0 aliphatic rings. The molecule has 0 heterocycles. The maximum Gasteiger partial charge on any atom is 0.339 e. The molecule has 2 aromatic rings. The predicted molar refractivity (Wildman–Crippen MR) is 102 cm³/mol. The Hall–Kier alpha value is -2.01. The van der Waals surface area contributed by atoms with Gasteiger partial charge in [0.2, 0.25) is 5.91 Å². The zero-order valence-corrected chi connectivity index (χ0v) is 15.7. The number of ether oxygens (including phenoxy) is 1.